The maximum Gasteiger partial charge on any atom is 0.306 e. The van der Waals surface area contributed by atoms with Gasteiger partial charge >= 0.3 is 6.39 Å². The first-order chi connectivity index (χ1) is 6.27. The van der Waals surface area contributed by atoms with Crippen LogP contribution >= 0.6 is 23.2 Å². The molecule has 0 saturated heterocycles. The molecule has 5 heteroatoms. The Hall–Kier alpha value is -1.06. The van der Waals surface area contributed by atoms with E-state index in [9.17, 15) is 0 Å². The molecule has 0 saturated carbocycles. The van der Waals surface area contributed by atoms with Crippen LogP contribution in [-0.2, 0) is 0 Å². The Morgan fingerprint density at radius 2 is 2.15 bits per heavy atom. The molecule has 1 aromatic heterocycles. The van der Waals surface area contributed by atoms with Crippen molar-refractivity contribution in [2.45, 2.75) is 0 Å². The first-order valence-corrected chi connectivity index (χ1v) is 4.18. The van der Waals surface area contributed by atoms with Gasteiger partial charge in [0.25, 0.3) is 0 Å². The number of nitrogens with zero attached hydrogens (tertiary/aromatic N) is 2. The van der Waals surface area contributed by atoms with E-state index in [2.05, 4.69) is 16.6 Å². The molecule has 1 heterocycles. The van der Waals surface area contributed by atoms with Gasteiger partial charge < -0.3 is 4.42 Å². The SMILES string of the molecule is Clc1ccc(-c2nn[c]o2)c(Cl)c1. The Kier molecular flexibility index (Phi) is 2.20. The van der Waals surface area contributed by atoms with Gasteiger partial charge in [0.05, 0.1) is 10.6 Å². The molecule has 1 aromatic carbocycles. The van der Waals surface area contributed by atoms with Crippen molar-refractivity contribution in [3.05, 3.63) is 34.6 Å². The Morgan fingerprint density at radius 1 is 1.31 bits per heavy atom. The Balaban J connectivity index is 2.53. The quantitative estimate of drug-likeness (QED) is 0.732. The van der Waals surface area contributed by atoms with Gasteiger partial charge in [0.1, 0.15) is 0 Å². The Bertz CT molecular complexity index is 414. The number of halogens is 2. The van der Waals surface area contributed by atoms with E-state index in [1.165, 1.54) is 0 Å². The molecular formula is C8H3Cl2N2O. The van der Waals surface area contributed by atoms with Crippen LogP contribution in [0.1, 0.15) is 0 Å². The molecule has 0 atom stereocenters. The van der Waals surface area contributed by atoms with Crippen LogP contribution in [0.15, 0.2) is 22.6 Å². The number of rotatable bonds is 1. The van der Waals surface area contributed by atoms with Crippen LogP contribution in [0.2, 0.25) is 10.0 Å². The van der Waals surface area contributed by atoms with Crippen molar-refractivity contribution in [2.75, 3.05) is 0 Å². The minimum atomic E-state index is 0.335. The van der Waals surface area contributed by atoms with Crippen LogP contribution in [0.5, 0.6) is 0 Å². The Morgan fingerprint density at radius 3 is 2.77 bits per heavy atom. The largest absolute Gasteiger partial charge is 0.412 e. The van der Waals surface area contributed by atoms with E-state index in [0.29, 0.717) is 21.5 Å². The van der Waals surface area contributed by atoms with E-state index in [-0.39, 0.29) is 0 Å². The van der Waals surface area contributed by atoms with Gasteiger partial charge in [-0.1, -0.05) is 23.2 Å². The molecule has 2 aromatic rings. The van der Waals surface area contributed by atoms with Gasteiger partial charge in [-0.25, -0.2) is 0 Å². The van der Waals surface area contributed by atoms with E-state index < -0.39 is 0 Å². The summed E-state index contributed by atoms with van der Waals surface area (Å²) >= 11 is 11.6. The molecule has 0 N–H and O–H groups in total. The summed E-state index contributed by atoms with van der Waals surface area (Å²) in [5, 5.41) is 8.15. The van der Waals surface area contributed by atoms with Crippen molar-refractivity contribution in [3.8, 4) is 11.5 Å². The summed E-state index contributed by atoms with van der Waals surface area (Å²) in [5.74, 6) is 0.335. The zero-order chi connectivity index (χ0) is 9.26. The normalized spacial score (nSPS) is 10.3. The standard InChI is InChI=1S/C8H3Cl2N2O/c9-5-1-2-6(7(10)3-5)8-12-11-4-13-8/h1-3H. The number of hydrogen-bond acceptors (Lipinski definition) is 3. The summed E-state index contributed by atoms with van der Waals surface area (Å²) in [6, 6.07) is 5.03. The van der Waals surface area contributed by atoms with Gasteiger partial charge in [-0.15, -0.1) is 10.2 Å². The van der Waals surface area contributed by atoms with Crippen molar-refractivity contribution < 1.29 is 4.42 Å². The topological polar surface area (TPSA) is 38.9 Å². The number of benzene rings is 1. The minimum absolute atomic E-state index is 0.335. The lowest BCUT2D eigenvalue weighted by Gasteiger charge is -1.97. The molecule has 0 amide bonds. The first kappa shape index (κ1) is 8.53. The van der Waals surface area contributed by atoms with Crippen molar-refractivity contribution >= 4 is 23.2 Å². The minimum Gasteiger partial charge on any atom is -0.412 e. The lowest BCUT2D eigenvalue weighted by Crippen LogP contribution is -1.79. The molecule has 0 unspecified atom stereocenters. The molecule has 0 aliphatic heterocycles. The fraction of sp³-hybridized carbons (Fsp3) is 0. The van der Waals surface area contributed by atoms with Crippen molar-refractivity contribution in [2.24, 2.45) is 0 Å². The fourth-order valence-electron chi connectivity index (χ4n) is 0.922. The van der Waals surface area contributed by atoms with Gasteiger partial charge in [-0.2, -0.15) is 0 Å². The van der Waals surface area contributed by atoms with Crippen LogP contribution < -0.4 is 0 Å². The van der Waals surface area contributed by atoms with Crippen molar-refractivity contribution in [1.82, 2.24) is 10.2 Å². The van der Waals surface area contributed by atoms with Crippen LogP contribution in [0.4, 0.5) is 0 Å². The van der Waals surface area contributed by atoms with E-state index in [4.69, 9.17) is 27.6 Å². The maximum atomic E-state index is 5.89. The molecule has 0 bridgehead atoms. The second-order valence-electron chi connectivity index (χ2n) is 2.32. The van der Waals surface area contributed by atoms with Crippen LogP contribution in [0, 0.1) is 6.39 Å². The van der Waals surface area contributed by atoms with E-state index >= 15 is 0 Å². The molecule has 0 aliphatic rings. The second kappa shape index (κ2) is 3.36. The lowest BCUT2D eigenvalue weighted by molar-refractivity contribution is 0.559. The third-order valence-electron chi connectivity index (χ3n) is 1.49. The zero-order valence-electron chi connectivity index (χ0n) is 6.29. The summed E-state index contributed by atoms with van der Waals surface area (Å²) in [7, 11) is 0. The van der Waals surface area contributed by atoms with Crippen LogP contribution in [0.25, 0.3) is 11.5 Å². The average molecular weight is 214 g/mol. The maximum absolute atomic E-state index is 5.89. The number of hydrogen-bond donors (Lipinski definition) is 0. The third kappa shape index (κ3) is 1.66. The zero-order valence-corrected chi connectivity index (χ0v) is 7.80. The third-order valence-corrected chi connectivity index (χ3v) is 2.03. The van der Waals surface area contributed by atoms with Crippen LogP contribution in [-0.4, -0.2) is 10.2 Å². The molecule has 1 radical (unpaired) electrons. The van der Waals surface area contributed by atoms with E-state index in [1.807, 2.05) is 0 Å². The molecular weight excluding hydrogens is 211 g/mol. The lowest BCUT2D eigenvalue weighted by atomic mass is 10.2. The first-order valence-electron chi connectivity index (χ1n) is 3.42. The van der Waals surface area contributed by atoms with Gasteiger partial charge in [0, 0.05) is 5.02 Å². The summed E-state index contributed by atoms with van der Waals surface area (Å²) < 4.78 is 4.87. The number of aromatic nitrogens is 2. The van der Waals surface area contributed by atoms with Crippen LogP contribution in [0.3, 0.4) is 0 Å². The summed E-state index contributed by atoms with van der Waals surface area (Å²) in [6.07, 6.45) is 2.24. The highest BCUT2D eigenvalue weighted by atomic mass is 35.5. The van der Waals surface area contributed by atoms with Gasteiger partial charge in [0.2, 0.25) is 5.89 Å². The van der Waals surface area contributed by atoms with Crippen molar-refractivity contribution in [3.63, 3.8) is 0 Å². The fourth-order valence-corrected chi connectivity index (χ4v) is 1.41. The Labute approximate surface area is 84.3 Å². The smallest absolute Gasteiger partial charge is 0.306 e. The van der Waals surface area contributed by atoms with Gasteiger partial charge in [0.15, 0.2) is 0 Å². The predicted molar refractivity (Wildman–Crippen MR) is 48.6 cm³/mol. The second-order valence-corrected chi connectivity index (χ2v) is 3.17. The highest BCUT2D eigenvalue weighted by molar-refractivity contribution is 6.36. The summed E-state index contributed by atoms with van der Waals surface area (Å²) in [4.78, 5) is 0. The van der Waals surface area contributed by atoms with Crippen molar-refractivity contribution in [1.29, 1.82) is 0 Å². The monoisotopic (exact) mass is 213 g/mol. The highest BCUT2D eigenvalue weighted by Gasteiger charge is 2.08. The van der Waals surface area contributed by atoms with E-state index in [1.54, 1.807) is 18.2 Å². The highest BCUT2D eigenvalue weighted by Crippen LogP contribution is 2.28. The average Bonchev–Trinajstić information content (AvgIpc) is 2.56. The van der Waals surface area contributed by atoms with Gasteiger partial charge in [-0.05, 0) is 18.2 Å². The molecule has 13 heavy (non-hydrogen) atoms. The predicted octanol–water partition coefficient (Wildman–Crippen LogP) is 2.84. The summed E-state index contributed by atoms with van der Waals surface area (Å²) in [6.45, 7) is 0. The molecule has 65 valence electrons. The van der Waals surface area contributed by atoms with Gasteiger partial charge in [-0.3, -0.25) is 0 Å². The molecule has 3 nitrogen and oxygen atoms in total. The molecule has 0 fully saturated rings. The molecule has 0 aliphatic carbocycles. The van der Waals surface area contributed by atoms with E-state index in [0.717, 1.165) is 0 Å². The molecule has 0 spiro atoms. The molecule has 2 rings (SSSR count). The summed E-state index contributed by atoms with van der Waals surface area (Å²) in [5.41, 5.74) is 0.653.